The first-order valence-corrected chi connectivity index (χ1v) is 6.65. The molecule has 0 aromatic heterocycles. The van der Waals surface area contributed by atoms with Gasteiger partial charge in [-0.1, -0.05) is 36.8 Å². The van der Waals surface area contributed by atoms with E-state index in [2.05, 4.69) is 5.32 Å². The second kappa shape index (κ2) is 6.06. The molecule has 0 radical (unpaired) electrons. The molecule has 0 aliphatic heterocycles. The molecule has 0 saturated heterocycles. The summed E-state index contributed by atoms with van der Waals surface area (Å²) >= 11 is 6.22. The minimum absolute atomic E-state index is 0.135. The molecule has 1 unspecified atom stereocenters. The largest absolute Gasteiger partial charge is 0.354 e. The Morgan fingerprint density at radius 3 is 2.65 bits per heavy atom. The third-order valence-electron chi connectivity index (χ3n) is 3.34. The number of benzene rings is 1. The maximum Gasteiger partial charge on any atom is 0.220 e. The van der Waals surface area contributed by atoms with Crippen molar-refractivity contribution in [2.75, 3.05) is 6.54 Å². The summed E-state index contributed by atoms with van der Waals surface area (Å²) in [5.74, 6) is 0.747. The van der Waals surface area contributed by atoms with E-state index in [1.54, 1.807) is 0 Å². The fourth-order valence-electron chi connectivity index (χ4n) is 2.01. The lowest BCUT2D eigenvalue weighted by Crippen LogP contribution is -2.30. The average molecular weight is 252 g/mol. The minimum atomic E-state index is -0.137. The number of carbonyl (C=O) groups is 1. The zero-order valence-electron chi connectivity index (χ0n) is 9.86. The second-order valence-corrected chi connectivity index (χ2v) is 5.21. The Balaban J connectivity index is 1.72. The zero-order valence-corrected chi connectivity index (χ0v) is 10.6. The molecule has 1 fully saturated rings. The number of nitrogens with one attached hydrogen (secondary N) is 1. The Morgan fingerprint density at radius 1 is 1.35 bits per heavy atom. The SMILES string of the molecule is O=C(CC1CCC1)NCC(Cl)c1ccccc1. The lowest BCUT2D eigenvalue weighted by molar-refractivity contribution is -0.122. The number of hydrogen-bond acceptors (Lipinski definition) is 1. The van der Waals surface area contributed by atoms with E-state index in [-0.39, 0.29) is 11.3 Å². The van der Waals surface area contributed by atoms with Crippen LogP contribution >= 0.6 is 11.6 Å². The molecule has 1 aromatic rings. The Kier molecular flexibility index (Phi) is 4.43. The first kappa shape index (κ1) is 12.4. The van der Waals surface area contributed by atoms with Gasteiger partial charge in [0.2, 0.25) is 5.91 Å². The standard InChI is InChI=1S/C14H18ClNO/c15-13(12-7-2-1-3-8-12)10-16-14(17)9-11-5-4-6-11/h1-3,7-8,11,13H,4-6,9-10H2,(H,16,17). The van der Waals surface area contributed by atoms with E-state index < -0.39 is 0 Å². The van der Waals surface area contributed by atoms with Crippen molar-refractivity contribution in [2.45, 2.75) is 31.1 Å². The number of rotatable bonds is 5. The maximum absolute atomic E-state index is 11.6. The van der Waals surface area contributed by atoms with Crippen LogP contribution in [0.3, 0.4) is 0 Å². The van der Waals surface area contributed by atoms with Crippen LogP contribution in [0.1, 0.15) is 36.6 Å². The molecule has 1 aliphatic rings. The minimum Gasteiger partial charge on any atom is -0.354 e. The van der Waals surface area contributed by atoms with Gasteiger partial charge in [0.25, 0.3) is 0 Å². The van der Waals surface area contributed by atoms with Gasteiger partial charge < -0.3 is 5.32 Å². The number of amides is 1. The first-order valence-electron chi connectivity index (χ1n) is 6.21. The van der Waals surface area contributed by atoms with Crippen molar-refractivity contribution in [2.24, 2.45) is 5.92 Å². The van der Waals surface area contributed by atoms with E-state index in [4.69, 9.17) is 11.6 Å². The number of halogens is 1. The predicted molar refractivity (Wildman–Crippen MR) is 70.0 cm³/mol. The third kappa shape index (κ3) is 3.74. The Bertz CT molecular complexity index is 362. The van der Waals surface area contributed by atoms with E-state index in [1.165, 1.54) is 19.3 Å². The van der Waals surface area contributed by atoms with Gasteiger partial charge in [-0.05, 0) is 24.3 Å². The van der Waals surface area contributed by atoms with Gasteiger partial charge in [0, 0.05) is 13.0 Å². The molecule has 1 atom stereocenters. The molecule has 1 saturated carbocycles. The van der Waals surface area contributed by atoms with Gasteiger partial charge in [-0.3, -0.25) is 4.79 Å². The van der Waals surface area contributed by atoms with Crippen LogP contribution in [-0.4, -0.2) is 12.5 Å². The smallest absolute Gasteiger partial charge is 0.220 e. The van der Waals surface area contributed by atoms with Crippen molar-refractivity contribution in [3.05, 3.63) is 35.9 Å². The van der Waals surface area contributed by atoms with Crippen LogP contribution in [0.2, 0.25) is 0 Å². The van der Waals surface area contributed by atoms with Crippen LogP contribution in [-0.2, 0) is 4.79 Å². The van der Waals surface area contributed by atoms with E-state index in [0.29, 0.717) is 18.9 Å². The van der Waals surface area contributed by atoms with Crippen molar-refractivity contribution in [1.29, 1.82) is 0 Å². The van der Waals surface area contributed by atoms with E-state index in [1.807, 2.05) is 30.3 Å². The molecule has 17 heavy (non-hydrogen) atoms. The molecular formula is C14H18ClNO. The van der Waals surface area contributed by atoms with Crippen LogP contribution < -0.4 is 5.32 Å². The van der Waals surface area contributed by atoms with Gasteiger partial charge in [0.15, 0.2) is 0 Å². The molecule has 0 spiro atoms. The molecule has 1 amide bonds. The Hall–Kier alpha value is -1.02. The molecule has 92 valence electrons. The summed E-state index contributed by atoms with van der Waals surface area (Å²) in [7, 11) is 0. The highest BCUT2D eigenvalue weighted by atomic mass is 35.5. The van der Waals surface area contributed by atoms with Crippen LogP contribution in [0.15, 0.2) is 30.3 Å². The second-order valence-electron chi connectivity index (χ2n) is 4.68. The van der Waals surface area contributed by atoms with Crippen LogP contribution in [0, 0.1) is 5.92 Å². The summed E-state index contributed by atoms with van der Waals surface area (Å²) in [5, 5.41) is 2.77. The van der Waals surface area contributed by atoms with Gasteiger partial charge >= 0.3 is 0 Å². The molecule has 1 N–H and O–H groups in total. The predicted octanol–water partition coefficient (Wildman–Crippen LogP) is 3.27. The van der Waals surface area contributed by atoms with Gasteiger partial charge in [-0.15, -0.1) is 11.6 Å². The highest BCUT2D eigenvalue weighted by Crippen LogP contribution is 2.29. The average Bonchev–Trinajstić information content (AvgIpc) is 2.32. The van der Waals surface area contributed by atoms with Gasteiger partial charge in [0.05, 0.1) is 5.38 Å². The Morgan fingerprint density at radius 2 is 2.06 bits per heavy atom. The fraction of sp³-hybridized carbons (Fsp3) is 0.500. The van der Waals surface area contributed by atoms with Gasteiger partial charge in [-0.25, -0.2) is 0 Å². The molecule has 0 heterocycles. The fourth-order valence-corrected chi connectivity index (χ4v) is 2.24. The van der Waals surface area contributed by atoms with E-state index >= 15 is 0 Å². The molecule has 2 nitrogen and oxygen atoms in total. The summed E-state index contributed by atoms with van der Waals surface area (Å²) in [6.45, 7) is 0.511. The Labute approximate surface area is 107 Å². The summed E-state index contributed by atoms with van der Waals surface area (Å²) in [5.41, 5.74) is 1.05. The topological polar surface area (TPSA) is 29.1 Å². The summed E-state index contributed by atoms with van der Waals surface area (Å²) in [6.07, 6.45) is 4.35. The molecule has 3 heteroatoms. The van der Waals surface area contributed by atoms with E-state index in [9.17, 15) is 4.79 Å². The third-order valence-corrected chi connectivity index (χ3v) is 3.74. The molecule has 2 rings (SSSR count). The van der Waals surface area contributed by atoms with Crippen molar-refractivity contribution in [3.63, 3.8) is 0 Å². The monoisotopic (exact) mass is 251 g/mol. The lowest BCUT2D eigenvalue weighted by atomic mass is 9.83. The summed E-state index contributed by atoms with van der Waals surface area (Å²) < 4.78 is 0. The van der Waals surface area contributed by atoms with Crippen LogP contribution in [0.4, 0.5) is 0 Å². The van der Waals surface area contributed by atoms with Crippen molar-refractivity contribution in [1.82, 2.24) is 5.32 Å². The highest BCUT2D eigenvalue weighted by molar-refractivity contribution is 6.21. The zero-order chi connectivity index (χ0) is 12.1. The van der Waals surface area contributed by atoms with Gasteiger partial charge in [0.1, 0.15) is 0 Å². The van der Waals surface area contributed by atoms with Crippen molar-refractivity contribution >= 4 is 17.5 Å². The summed E-state index contributed by atoms with van der Waals surface area (Å²) in [6, 6.07) is 9.84. The number of alkyl halides is 1. The quantitative estimate of drug-likeness (QED) is 0.800. The molecular weight excluding hydrogens is 234 g/mol. The molecule has 1 aromatic carbocycles. The highest BCUT2D eigenvalue weighted by Gasteiger charge is 2.20. The summed E-state index contributed by atoms with van der Waals surface area (Å²) in [4.78, 5) is 11.6. The molecule has 0 bridgehead atoms. The van der Waals surface area contributed by atoms with Crippen molar-refractivity contribution in [3.8, 4) is 0 Å². The maximum atomic E-state index is 11.6. The van der Waals surface area contributed by atoms with Gasteiger partial charge in [-0.2, -0.15) is 0 Å². The normalized spacial score (nSPS) is 17.2. The number of carbonyl (C=O) groups excluding carboxylic acids is 1. The molecule has 1 aliphatic carbocycles. The lowest BCUT2D eigenvalue weighted by Gasteiger charge is -2.24. The van der Waals surface area contributed by atoms with Crippen LogP contribution in [0.5, 0.6) is 0 Å². The van der Waals surface area contributed by atoms with Crippen molar-refractivity contribution < 1.29 is 4.79 Å². The number of hydrogen-bond donors (Lipinski definition) is 1. The van der Waals surface area contributed by atoms with E-state index in [0.717, 1.165) is 5.56 Å². The van der Waals surface area contributed by atoms with Crippen LogP contribution in [0.25, 0.3) is 0 Å². The first-order chi connectivity index (χ1) is 8.25.